The van der Waals surface area contributed by atoms with Crippen LogP contribution >= 0.6 is 11.3 Å². The third kappa shape index (κ3) is 2.56. The van der Waals surface area contributed by atoms with Gasteiger partial charge in [-0.1, -0.05) is 0 Å². The molecule has 0 aliphatic rings. The molecule has 2 aromatic rings. The Balaban J connectivity index is 2.11. The van der Waals surface area contributed by atoms with E-state index >= 15 is 0 Å². The molecule has 0 atom stereocenters. The first-order chi connectivity index (χ1) is 7.79. The Morgan fingerprint density at radius 2 is 2.31 bits per heavy atom. The monoisotopic (exact) mass is 234 g/mol. The van der Waals surface area contributed by atoms with Crippen molar-refractivity contribution in [3.8, 4) is 0 Å². The average Bonchev–Trinajstić information content (AvgIpc) is 2.82. The van der Waals surface area contributed by atoms with Gasteiger partial charge in [0.05, 0.1) is 11.9 Å². The van der Waals surface area contributed by atoms with Crippen LogP contribution in [0.4, 0.5) is 5.82 Å². The van der Waals surface area contributed by atoms with E-state index in [1.54, 1.807) is 23.7 Å². The molecule has 0 aliphatic carbocycles. The van der Waals surface area contributed by atoms with Crippen molar-refractivity contribution in [3.63, 3.8) is 0 Å². The van der Waals surface area contributed by atoms with Crippen molar-refractivity contribution in [3.05, 3.63) is 40.5 Å². The van der Waals surface area contributed by atoms with Gasteiger partial charge in [-0.05, 0) is 22.4 Å². The summed E-state index contributed by atoms with van der Waals surface area (Å²) in [6.07, 6.45) is 3.45. The number of rotatable bonds is 4. The molecule has 84 valence electrons. The highest BCUT2D eigenvalue weighted by Gasteiger charge is 2.05. The number of aromatic nitrogens is 2. The lowest BCUT2D eigenvalue weighted by Crippen LogP contribution is -2.18. The van der Waals surface area contributed by atoms with Gasteiger partial charge in [0.25, 0.3) is 0 Å². The molecule has 4 nitrogen and oxygen atoms in total. The van der Waals surface area contributed by atoms with E-state index < -0.39 is 0 Å². The molecule has 16 heavy (non-hydrogen) atoms. The molecule has 0 bridgehead atoms. The van der Waals surface area contributed by atoms with Crippen molar-refractivity contribution in [2.24, 2.45) is 5.73 Å². The normalized spacial score (nSPS) is 10.4. The minimum atomic E-state index is 0.424. The lowest BCUT2D eigenvalue weighted by molar-refractivity contribution is 0.867. The van der Waals surface area contributed by atoms with Crippen molar-refractivity contribution in [1.29, 1.82) is 0 Å². The third-order valence-electron chi connectivity index (χ3n) is 2.27. The van der Waals surface area contributed by atoms with Crippen LogP contribution in [0.3, 0.4) is 0 Å². The number of anilines is 1. The molecule has 0 amide bonds. The van der Waals surface area contributed by atoms with Gasteiger partial charge in [0, 0.05) is 26.3 Å². The second-order valence-electron chi connectivity index (χ2n) is 3.56. The summed E-state index contributed by atoms with van der Waals surface area (Å²) in [5, 5.41) is 4.21. The zero-order valence-corrected chi connectivity index (χ0v) is 9.94. The molecular formula is C11H14N4S. The lowest BCUT2D eigenvalue weighted by Gasteiger charge is -2.17. The highest BCUT2D eigenvalue weighted by molar-refractivity contribution is 7.07. The highest BCUT2D eigenvalue weighted by Crippen LogP contribution is 2.13. The molecule has 2 N–H and O–H groups in total. The summed E-state index contributed by atoms with van der Waals surface area (Å²) in [7, 11) is 2.00. The fourth-order valence-electron chi connectivity index (χ4n) is 1.41. The SMILES string of the molecule is CN(Cc1ccsc1)c1cncc(CN)n1. The predicted molar refractivity (Wildman–Crippen MR) is 66.3 cm³/mol. The molecule has 0 saturated heterocycles. The second-order valence-corrected chi connectivity index (χ2v) is 4.34. The van der Waals surface area contributed by atoms with Crippen molar-refractivity contribution >= 4 is 17.2 Å². The molecule has 0 spiro atoms. The van der Waals surface area contributed by atoms with Crippen molar-refractivity contribution in [2.45, 2.75) is 13.1 Å². The van der Waals surface area contributed by atoms with Gasteiger partial charge in [-0.15, -0.1) is 0 Å². The smallest absolute Gasteiger partial charge is 0.147 e. The standard InChI is InChI=1S/C11H14N4S/c1-15(7-9-2-3-16-8-9)11-6-13-5-10(4-12)14-11/h2-3,5-6,8H,4,7,12H2,1H3. The summed E-state index contributed by atoms with van der Waals surface area (Å²) in [6, 6.07) is 2.11. The van der Waals surface area contributed by atoms with E-state index in [4.69, 9.17) is 5.73 Å². The van der Waals surface area contributed by atoms with Crippen LogP contribution in [-0.2, 0) is 13.1 Å². The summed E-state index contributed by atoms with van der Waals surface area (Å²) in [5.41, 5.74) is 7.63. The Hall–Kier alpha value is -1.46. The maximum Gasteiger partial charge on any atom is 0.147 e. The summed E-state index contributed by atoms with van der Waals surface area (Å²) < 4.78 is 0. The molecule has 5 heteroatoms. The van der Waals surface area contributed by atoms with E-state index in [1.165, 1.54) is 5.56 Å². The number of hydrogen-bond donors (Lipinski definition) is 1. The van der Waals surface area contributed by atoms with Crippen LogP contribution in [0, 0.1) is 0 Å². The van der Waals surface area contributed by atoms with Crippen LogP contribution < -0.4 is 10.6 Å². The largest absolute Gasteiger partial charge is 0.354 e. The molecular weight excluding hydrogens is 220 g/mol. The minimum absolute atomic E-state index is 0.424. The maximum atomic E-state index is 5.54. The Kier molecular flexibility index (Phi) is 3.48. The summed E-state index contributed by atoms with van der Waals surface area (Å²) >= 11 is 1.70. The highest BCUT2D eigenvalue weighted by atomic mass is 32.1. The van der Waals surface area contributed by atoms with Gasteiger partial charge in [0.2, 0.25) is 0 Å². The summed E-state index contributed by atoms with van der Waals surface area (Å²) in [6.45, 7) is 1.26. The van der Waals surface area contributed by atoms with E-state index in [0.717, 1.165) is 18.1 Å². The first kappa shape index (κ1) is 11.0. The van der Waals surface area contributed by atoms with E-state index in [1.807, 2.05) is 7.05 Å². The van der Waals surface area contributed by atoms with Crippen LogP contribution in [0.2, 0.25) is 0 Å². The van der Waals surface area contributed by atoms with Gasteiger partial charge in [0.1, 0.15) is 5.82 Å². The molecule has 2 heterocycles. The van der Waals surface area contributed by atoms with E-state index in [-0.39, 0.29) is 0 Å². The molecule has 0 aromatic carbocycles. The quantitative estimate of drug-likeness (QED) is 0.873. The molecule has 0 radical (unpaired) electrons. The Morgan fingerprint density at radius 3 is 3.00 bits per heavy atom. The van der Waals surface area contributed by atoms with Crippen LogP contribution in [0.1, 0.15) is 11.3 Å². The first-order valence-corrected chi connectivity index (χ1v) is 5.97. The topological polar surface area (TPSA) is 55.0 Å². The summed E-state index contributed by atoms with van der Waals surface area (Å²) in [4.78, 5) is 10.6. The van der Waals surface area contributed by atoms with Gasteiger partial charge >= 0.3 is 0 Å². The molecule has 0 fully saturated rings. The third-order valence-corrected chi connectivity index (χ3v) is 3.00. The Bertz CT molecular complexity index is 441. The molecule has 2 rings (SSSR count). The Labute approximate surface area is 98.8 Å². The van der Waals surface area contributed by atoms with Crippen molar-refractivity contribution in [2.75, 3.05) is 11.9 Å². The molecule has 0 saturated carbocycles. The zero-order chi connectivity index (χ0) is 11.4. The van der Waals surface area contributed by atoms with E-state index in [0.29, 0.717) is 6.54 Å². The zero-order valence-electron chi connectivity index (χ0n) is 9.13. The fourth-order valence-corrected chi connectivity index (χ4v) is 2.07. The van der Waals surface area contributed by atoms with Crippen molar-refractivity contribution < 1.29 is 0 Å². The van der Waals surface area contributed by atoms with Crippen LogP contribution in [0.5, 0.6) is 0 Å². The van der Waals surface area contributed by atoms with Crippen LogP contribution in [0.25, 0.3) is 0 Å². The first-order valence-electron chi connectivity index (χ1n) is 5.03. The average molecular weight is 234 g/mol. The lowest BCUT2D eigenvalue weighted by atomic mass is 10.3. The number of nitrogens with zero attached hydrogens (tertiary/aromatic N) is 3. The van der Waals surface area contributed by atoms with Gasteiger partial charge in [-0.2, -0.15) is 11.3 Å². The maximum absolute atomic E-state index is 5.54. The molecule has 0 aliphatic heterocycles. The molecule has 0 unspecified atom stereocenters. The van der Waals surface area contributed by atoms with Crippen LogP contribution in [0.15, 0.2) is 29.2 Å². The van der Waals surface area contributed by atoms with Crippen LogP contribution in [-0.4, -0.2) is 17.0 Å². The van der Waals surface area contributed by atoms with E-state index in [2.05, 4.69) is 31.7 Å². The number of hydrogen-bond acceptors (Lipinski definition) is 5. The Morgan fingerprint density at radius 1 is 1.44 bits per heavy atom. The fraction of sp³-hybridized carbons (Fsp3) is 0.273. The van der Waals surface area contributed by atoms with E-state index in [9.17, 15) is 0 Å². The van der Waals surface area contributed by atoms with Crippen molar-refractivity contribution in [1.82, 2.24) is 9.97 Å². The minimum Gasteiger partial charge on any atom is -0.354 e. The van der Waals surface area contributed by atoms with Gasteiger partial charge in [-0.3, -0.25) is 4.98 Å². The van der Waals surface area contributed by atoms with Gasteiger partial charge in [-0.25, -0.2) is 4.98 Å². The number of nitrogens with two attached hydrogens (primary N) is 1. The van der Waals surface area contributed by atoms with Gasteiger partial charge in [0.15, 0.2) is 0 Å². The molecule has 2 aromatic heterocycles. The number of thiophene rings is 1. The second kappa shape index (κ2) is 5.05. The van der Waals surface area contributed by atoms with Gasteiger partial charge < -0.3 is 10.6 Å². The summed E-state index contributed by atoms with van der Waals surface area (Å²) in [5.74, 6) is 0.856. The predicted octanol–water partition coefficient (Wildman–Crippen LogP) is 1.63.